The molecule has 2 aromatic carbocycles. The van der Waals surface area contributed by atoms with Crippen molar-refractivity contribution in [2.24, 2.45) is 5.10 Å². The molecule has 0 aliphatic carbocycles. The highest BCUT2D eigenvalue weighted by Crippen LogP contribution is 2.20. The van der Waals surface area contributed by atoms with E-state index in [-0.39, 0.29) is 12.5 Å². The fraction of sp³-hybridized carbons (Fsp3) is 0.227. The summed E-state index contributed by atoms with van der Waals surface area (Å²) in [6.45, 7) is 2.76. The Morgan fingerprint density at radius 2 is 1.83 bits per heavy atom. The minimum Gasteiger partial charge on any atom is -0.378 e. The van der Waals surface area contributed by atoms with Gasteiger partial charge in [0.05, 0.1) is 19.4 Å². The van der Waals surface area contributed by atoms with E-state index in [1.165, 1.54) is 0 Å². The maximum Gasteiger partial charge on any atom is 0.242 e. The highest BCUT2D eigenvalue weighted by molar-refractivity contribution is 7.80. The van der Waals surface area contributed by atoms with Gasteiger partial charge >= 0.3 is 0 Å². The number of nitrogens with one attached hydrogen (secondary N) is 2. The highest BCUT2D eigenvalue weighted by atomic mass is 32.1. The van der Waals surface area contributed by atoms with Gasteiger partial charge in [-0.05, 0) is 30.4 Å². The Balaban J connectivity index is 1.45. The van der Waals surface area contributed by atoms with E-state index in [1.54, 1.807) is 6.21 Å². The first kappa shape index (κ1) is 20.1. The number of para-hydroxylation sites is 2. The monoisotopic (exact) mass is 421 g/mol. The van der Waals surface area contributed by atoms with Crippen LogP contribution in [0, 0.1) is 0 Å². The van der Waals surface area contributed by atoms with Crippen molar-refractivity contribution in [3.8, 4) is 0 Å². The van der Waals surface area contributed by atoms with Crippen molar-refractivity contribution in [2.75, 3.05) is 31.6 Å². The molecule has 1 saturated heterocycles. The molecule has 1 aliphatic heterocycles. The van der Waals surface area contributed by atoms with E-state index in [1.807, 2.05) is 70.3 Å². The number of morpholine rings is 1. The third-order valence-electron chi connectivity index (χ3n) is 4.89. The van der Waals surface area contributed by atoms with Crippen molar-refractivity contribution in [3.05, 3.63) is 66.4 Å². The molecule has 0 radical (unpaired) electrons. The van der Waals surface area contributed by atoms with Crippen LogP contribution in [0.1, 0.15) is 5.56 Å². The number of ether oxygens (including phenoxy) is 1. The molecule has 0 atom stereocenters. The van der Waals surface area contributed by atoms with Crippen molar-refractivity contribution in [2.45, 2.75) is 6.54 Å². The number of rotatable bonds is 5. The maximum atomic E-state index is 12.7. The van der Waals surface area contributed by atoms with Crippen molar-refractivity contribution < 1.29 is 9.53 Å². The standard InChI is InChI=1S/C22H23N5O2S/c28-21(26-10-12-29-13-11-26)16-27-15-17(19-8-4-5-9-20(19)27)14-23-25-22(30)24-18-6-2-1-3-7-18/h1-9,14-15H,10-13,16H2,(H2,24,25,30). The van der Waals surface area contributed by atoms with Crippen molar-refractivity contribution in [1.82, 2.24) is 14.9 Å². The molecular weight excluding hydrogens is 398 g/mol. The van der Waals surface area contributed by atoms with Gasteiger partial charge < -0.3 is 19.5 Å². The molecule has 2 N–H and O–H groups in total. The molecule has 1 amide bonds. The SMILES string of the molecule is O=C(Cn1cc(C=NNC(=S)Nc2ccccc2)c2ccccc21)N1CCOCC1. The van der Waals surface area contributed by atoms with Crippen LogP contribution in [0.5, 0.6) is 0 Å². The van der Waals surface area contributed by atoms with Crippen LogP contribution in [0.2, 0.25) is 0 Å². The number of nitrogens with zero attached hydrogens (tertiary/aromatic N) is 3. The van der Waals surface area contributed by atoms with Crippen LogP contribution in [0.4, 0.5) is 5.69 Å². The van der Waals surface area contributed by atoms with Crippen LogP contribution in [0.25, 0.3) is 10.9 Å². The number of fused-ring (bicyclic) bond motifs is 1. The summed E-state index contributed by atoms with van der Waals surface area (Å²) in [4.78, 5) is 14.5. The average Bonchev–Trinajstić information content (AvgIpc) is 3.12. The van der Waals surface area contributed by atoms with Gasteiger partial charge in [-0.25, -0.2) is 0 Å². The number of amides is 1. The minimum absolute atomic E-state index is 0.0916. The molecule has 7 nitrogen and oxygen atoms in total. The second-order valence-electron chi connectivity index (χ2n) is 6.91. The predicted octanol–water partition coefficient (Wildman–Crippen LogP) is 2.82. The molecule has 0 spiro atoms. The van der Waals surface area contributed by atoms with E-state index >= 15 is 0 Å². The van der Waals surface area contributed by atoms with Gasteiger partial charge in [0, 0.05) is 41.4 Å². The molecule has 154 valence electrons. The quantitative estimate of drug-likeness (QED) is 0.377. The Morgan fingerprint density at radius 1 is 1.10 bits per heavy atom. The van der Waals surface area contributed by atoms with Crippen LogP contribution in [0.3, 0.4) is 0 Å². The molecule has 0 bridgehead atoms. The van der Waals surface area contributed by atoms with Crippen molar-refractivity contribution in [3.63, 3.8) is 0 Å². The number of aromatic nitrogens is 1. The van der Waals surface area contributed by atoms with Crippen molar-refractivity contribution in [1.29, 1.82) is 0 Å². The lowest BCUT2D eigenvalue weighted by Crippen LogP contribution is -2.42. The number of hydrazone groups is 1. The van der Waals surface area contributed by atoms with Crippen LogP contribution in [-0.2, 0) is 16.1 Å². The van der Waals surface area contributed by atoms with Crippen LogP contribution < -0.4 is 10.7 Å². The van der Waals surface area contributed by atoms with E-state index in [9.17, 15) is 4.79 Å². The summed E-state index contributed by atoms with van der Waals surface area (Å²) in [7, 11) is 0. The molecule has 3 aromatic rings. The van der Waals surface area contributed by atoms with Crippen LogP contribution >= 0.6 is 12.2 Å². The smallest absolute Gasteiger partial charge is 0.242 e. The molecule has 8 heteroatoms. The first-order chi connectivity index (χ1) is 14.7. The van der Waals surface area contributed by atoms with Gasteiger partial charge in [-0.1, -0.05) is 36.4 Å². The Morgan fingerprint density at radius 3 is 2.63 bits per heavy atom. The number of carbonyl (C=O) groups excluding carboxylic acids is 1. The summed E-state index contributed by atoms with van der Waals surface area (Å²) < 4.78 is 7.30. The lowest BCUT2D eigenvalue weighted by atomic mass is 10.2. The second-order valence-corrected chi connectivity index (χ2v) is 7.32. The van der Waals surface area contributed by atoms with Crippen LogP contribution in [-0.4, -0.2) is 53.0 Å². The average molecular weight is 422 g/mol. The van der Waals surface area contributed by atoms with Gasteiger partial charge in [-0.2, -0.15) is 5.10 Å². The van der Waals surface area contributed by atoms with E-state index in [0.29, 0.717) is 31.4 Å². The zero-order chi connectivity index (χ0) is 20.8. The zero-order valence-corrected chi connectivity index (χ0v) is 17.3. The number of hydrogen-bond acceptors (Lipinski definition) is 4. The van der Waals surface area contributed by atoms with Crippen molar-refractivity contribution >= 4 is 46.0 Å². The lowest BCUT2D eigenvalue weighted by molar-refractivity contribution is -0.135. The number of carbonyl (C=O) groups is 1. The Bertz CT molecular complexity index is 1060. The zero-order valence-electron chi connectivity index (χ0n) is 16.5. The van der Waals surface area contributed by atoms with E-state index in [4.69, 9.17) is 17.0 Å². The van der Waals surface area contributed by atoms with Gasteiger partial charge in [0.25, 0.3) is 0 Å². The fourth-order valence-electron chi connectivity index (χ4n) is 3.41. The molecule has 1 aromatic heterocycles. The number of hydrogen-bond donors (Lipinski definition) is 2. The summed E-state index contributed by atoms with van der Waals surface area (Å²) in [6.07, 6.45) is 3.67. The topological polar surface area (TPSA) is 70.9 Å². The highest BCUT2D eigenvalue weighted by Gasteiger charge is 2.18. The summed E-state index contributed by atoms with van der Waals surface area (Å²) >= 11 is 5.28. The second kappa shape index (κ2) is 9.51. The van der Waals surface area contributed by atoms with Gasteiger partial charge in [-0.3, -0.25) is 10.2 Å². The number of benzene rings is 2. The molecule has 30 heavy (non-hydrogen) atoms. The fourth-order valence-corrected chi connectivity index (χ4v) is 3.58. The number of thiocarbonyl (C=S) groups is 1. The lowest BCUT2D eigenvalue weighted by Gasteiger charge is -2.27. The molecule has 4 rings (SSSR count). The van der Waals surface area contributed by atoms with Gasteiger partial charge in [0.2, 0.25) is 5.91 Å². The van der Waals surface area contributed by atoms with E-state index < -0.39 is 0 Å². The van der Waals surface area contributed by atoms with E-state index in [2.05, 4.69) is 15.8 Å². The van der Waals surface area contributed by atoms with Crippen LogP contribution in [0.15, 0.2) is 65.9 Å². The third kappa shape index (κ3) is 4.84. The molecule has 0 saturated carbocycles. The van der Waals surface area contributed by atoms with Gasteiger partial charge in [0.15, 0.2) is 5.11 Å². The Hall–Kier alpha value is -3.23. The number of anilines is 1. The first-order valence-electron chi connectivity index (χ1n) is 9.79. The largest absolute Gasteiger partial charge is 0.378 e. The molecule has 2 heterocycles. The van der Waals surface area contributed by atoms with Gasteiger partial charge in [-0.15, -0.1) is 0 Å². The summed E-state index contributed by atoms with van der Waals surface area (Å²) in [5, 5.41) is 8.77. The molecule has 1 fully saturated rings. The van der Waals surface area contributed by atoms with E-state index in [0.717, 1.165) is 22.2 Å². The maximum absolute atomic E-state index is 12.7. The van der Waals surface area contributed by atoms with Gasteiger partial charge in [0.1, 0.15) is 6.54 Å². The molecular formula is C22H23N5O2S. The molecule has 0 unspecified atom stereocenters. The first-order valence-corrected chi connectivity index (χ1v) is 10.2. The summed E-state index contributed by atoms with van der Waals surface area (Å²) in [6, 6.07) is 17.6. The Labute approximate surface area is 180 Å². The predicted molar refractivity (Wildman–Crippen MR) is 123 cm³/mol. The minimum atomic E-state index is 0.0916. The Kier molecular flexibility index (Phi) is 6.36. The third-order valence-corrected chi connectivity index (χ3v) is 5.08. The summed E-state index contributed by atoms with van der Waals surface area (Å²) in [5.74, 6) is 0.0916. The normalized spacial score (nSPS) is 14.2. The summed E-state index contributed by atoms with van der Waals surface area (Å²) in [5.41, 5.74) is 5.63. The molecule has 1 aliphatic rings.